The number of hydrogen-bond acceptors (Lipinski definition) is 3. The molecule has 1 atom stereocenters. The van der Waals surface area contributed by atoms with Crippen molar-refractivity contribution in [1.82, 2.24) is 0 Å². The molecule has 1 amide bonds. The zero-order chi connectivity index (χ0) is 14.6. The Bertz CT molecular complexity index is 483. The summed E-state index contributed by atoms with van der Waals surface area (Å²) in [6.45, 7) is 5.95. The van der Waals surface area contributed by atoms with E-state index in [4.69, 9.17) is 10.9 Å². The highest BCUT2D eigenvalue weighted by Gasteiger charge is 2.21. The summed E-state index contributed by atoms with van der Waals surface area (Å²) in [4.78, 5) is 13.8. The van der Waals surface area contributed by atoms with Crippen molar-refractivity contribution < 1.29 is 10.0 Å². The number of hydrogen-bond donors (Lipinski definition) is 2. The molecule has 0 fully saturated rings. The van der Waals surface area contributed by atoms with E-state index < -0.39 is 0 Å². The maximum Gasteiger partial charge on any atom is 0.229 e. The van der Waals surface area contributed by atoms with Crippen LogP contribution in [0.2, 0.25) is 0 Å². The van der Waals surface area contributed by atoms with Gasteiger partial charge < -0.3 is 15.8 Å². The summed E-state index contributed by atoms with van der Waals surface area (Å²) in [5.41, 5.74) is 6.85. The molecule has 0 radical (unpaired) electrons. The summed E-state index contributed by atoms with van der Waals surface area (Å²) in [5, 5.41) is 11.6. The average molecular weight is 263 g/mol. The van der Waals surface area contributed by atoms with Crippen LogP contribution in [0, 0.1) is 11.8 Å². The predicted octanol–water partition coefficient (Wildman–Crippen LogP) is 2.04. The van der Waals surface area contributed by atoms with Crippen LogP contribution in [-0.4, -0.2) is 24.0 Å². The molecule has 1 unspecified atom stereocenters. The van der Waals surface area contributed by atoms with E-state index in [2.05, 4.69) is 5.16 Å². The van der Waals surface area contributed by atoms with Gasteiger partial charge in [0.2, 0.25) is 5.91 Å². The molecule has 0 aliphatic carbocycles. The lowest BCUT2D eigenvalue weighted by molar-refractivity contribution is -0.122. The van der Waals surface area contributed by atoms with E-state index in [9.17, 15) is 4.79 Å². The minimum Gasteiger partial charge on any atom is -0.409 e. The fourth-order valence-electron chi connectivity index (χ4n) is 1.65. The number of carbonyl (C=O) groups is 1. The largest absolute Gasteiger partial charge is 0.409 e. The van der Waals surface area contributed by atoms with Crippen LogP contribution in [0.1, 0.15) is 26.3 Å². The normalized spacial score (nSPS) is 13.4. The number of benzene rings is 1. The van der Waals surface area contributed by atoms with Gasteiger partial charge in [0.25, 0.3) is 0 Å². The van der Waals surface area contributed by atoms with Crippen molar-refractivity contribution in [3.63, 3.8) is 0 Å². The van der Waals surface area contributed by atoms with Crippen molar-refractivity contribution >= 4 is 17.4 Å². The van der Waals surface area contributed by atoms with Crippen LogP contribution in [0.5, 0.6) is 0 Å². The molecule has 3 N–H and O–H groups in total. The first kappa shape index (κ1) is 15.0. The van der Waals surface area contributed by atoms with Gasteiger partial charge in [-0.15, -0.1) is 0 Å². The van der Waals surface area contributed by atoms with Gasteiger partial charge >= 0.3 is 0 Å². The van der Waals surface area contributed by atoms with E-state index in [1.165, 1.54) is 0 Å². The number of nitrogens with two attached hydrogens (primary N) is 1. The Morgan fingerprint density at radius 3 is 2.53 bits per heavy atom. The molecule has 5 heteroatoms. The van der Waals surface area contributed by atoms with Crippen LogP contribution in [0.4, 0.5) is 5.69 Å². The van der Waals surface area contributed by atoms with Crippen LogP contribution >= 0.6 is 0 Å². The highest BCUT2D eigenvalue weighted by Crippen LogP contribution is 2.20. The quantitative estimate of drug-likeness (QED) is 0.377. The lowest BCUT2D eigenvalue weighted by atomic mass is 9.96. The monoisotopic (exact) mass is 263 g/mol. The fourth-order valence-corrected chi connectivity index (χ4v) is 1.65. The Morgan fingerprint density at radius 1 is 1.37 bits per heavy atom. The number of oxime groups is 1. The Labute approximate surface area is 113 Å². The summed E-state index contributed by atoms with van der Waals surface area (Å²) >= 11 is 0. The first-order valence-electron chi connectivity index (χ1n) is 6.24. The first-order chi connectivity index (χ1) is 8.88. The van der Waals surface area contributed by atoms with Gasteiger partial charge in [0, 0.05) is 24.2 Å². The molecule has 0 bridgehead atoms. The number of rotatable bonds is 4. The SMILES string of the molecule is CC(C)C(C)C(=O)N(C)c1cccc(C(N)=NO)c1. The topological polar surface area (TPSA) is 78.9 Å². The molecular weight excluding hydrogens is 242 g/mol. The van der Waals surface area contributed by atoms with Crippen molar-refractivity contribution in [2.45, 2.75) is 20.8 Å². The van der Waals surface area contributed by atoms with Gasteiger partial charge in [-0.25, -0.2) is 0 Å². The third-order valence-corrected chi connectivity index (χ3v) is 3.36. The smallest absolute Gasteiger partial charge is 0.229 e. The third kappa shape index (κ3) is 3.47. The summed E-state index contributed by atoms with van der Waals surface area (Å²) in [7, 11) is 1.73. The van der Waals surface area contributed by atoms with Crippen LogP contribution in [0.3, 0.4) is 0 Å². The van der Waals surface area contributed by atoms with Gasteiger partial charge in [0.15, 0.2) is 5.84 Å². The van der Waals surface area contributed by atoms with Crippen molar-refractivity contribution in [3.8, 4) is 0 Å². The molecule has 0 heterocycles. The van der Waals surface area contributed by atoms with Crippen molar-refractivity contribution in [3.05, 3.63) is 29.8 Å². The highest BCUT2D eigenvalue weighted by molar-refractivity contribution is 6.00. The molecule has 0 aliphatic rings. The predicted molar refractivity (Wildman–Crippen MR) is 76.4 cm³/mol. The van der Waals surface area contributed by atoms with Gasteiger partial charge in [-0.1, -0.05) is 38.1 Å². The molecule has 5 nitrogen and oxygen atoms in total. The average Bonchev–Trinajstić information content (AvgIpc) is 2.43. The van der Waals surface area contributed by atoms with Crippen LogP contribution in [0.15, 0.2) is 29.4 Å². The number of nitrogens with zero attached hydrogens (tertiary/aromatic N) is 2. The molecule has 0 spiro atoms. The Balaban J connectivity index is 3.00. The zero-order valence-electron chi connectivity index (χ0n) is 11.8. The molecule has 104 valence electrons. The Kier molecular flexibility index (Phi) is 4.92. The van der Waals surface area contributed by atoms with Crippen molar-refractivity contribution in [1.29, 1.82) is 0 Å². The number of anilines is 1. The van der Waals surface area contributed by atoms with Crippen molar-refractivity contribution in [2.75, 3.05) is 11.9 Å². The Morgan fingerprint density at radius 2 is 2.00 bits per heavy atom. The molecular formula is C14H21N3O2. The summed E-state index contributed by atoms with van der Waals surface area (Å²) in [6, 6.07) is 7.04. The molecule has 1 aromatic carbocycles. The standard InChI is InChI=1S/C14H21N3O2/c1-9(2)10(3)14(18)17(4)12-7-5-6-11(8-12)13(15)16-19/h5-10,19H,1-4H3,(H2,15,16). The molecule has 0 saturated heterocycles. The van der Waals surface area contributed by atoms with Gasteiger partial charge in [0.1, 0.15) is 0 Å². The highest BCUT2D eigenvalue weighted by atomic mass is 16.4. The molecule has 0 aliphatic heterocycles. The lowest BCUT2D eigenvalue weighted by Crippen LogP contribution is -2.34. The first-order valence-corrected chi connectivity index (χ1v) is 6.24. The molecule has 1 rings (SSSR count). The van der Waals surface area contributed by atoms with Gasteiger partial charge in [0.05, 0.1) is 0 Å². The zero-order valence-corrected chi connectivity index (χ0v) is 11.8. The second kappa shape index (κ2) is 6.22. The van der Waals surface area contributed by atoms with Crippen LogP contribution in [-0.2, 0) is 4.79 Å². The maximum absolute atomic E-state index is 12.3. The van der Waals surface area contributed by atoms with E-state index >= 15 is 0 Å². The number of amidine groups is 1. The molecule has 1 aromatic rings. The maximum atomic E-state index is 12.3. The number of carbonyl (C=O) groups excluding carboxylic acids is 1. The van der Waals surface area contributed by atoms with E-state index in [0.717, 1.165) is 5.69 Å². The summed E-state index contributed by atoms with van der Waals surface area (Å²) in [5.74, 6) is 0.297. The molecule has 19 heavy (non-hydrogen) atoms. The van der Waals surface area contributed by atoms with Crippen LogP contribution in [0.25, 0.3) is 0 Å². The van der Waals surface area contributed by atoms with E-state index in [1.807, 2.05) is 26.8 Å². The molecule has 0 aromatic heterocycles. The van der Waals surface area contributed by atoms with Gasteiger partial charge in [-0.05, 0) is 18.1 Å². The van der Waals surface area contributed by atoms with Crippen molar-refractivity contribution in [2.24, 2.45) is 22.7 Å². The number of amides is 1. The van der Waals surface area contributed by atoms with E-state index in [1.54, 1.807) is 30.1 Å². The summed E-state index contributed by atoms with van der Waals surface area (Å²) in [6.07, 6.45) is 0. The van der Waals surface area contributed by atoms with Gasteiger partial charge in [-0.2, -0.15) is 0 Å². The minimum absolute atomic E-state index is 0.0274. The Hall–Kier alpha value is -2.04. The lowest BCUT2D eigenvalue weighted by Gasteiger charge is -2.24. The van der Waals surface area contributed by atoms with Crippen LogP contribution < -0.4 is 10.6 Å². The minimum atomic E-state index is -0.0579. The van der Waals surface area contributed by atoms with E-state index in [0.29, 0.717) is 5.56 Å². The van der Waals surface area contributed by atoms with E-state index in [-0.39, 0.29) is 23.6 Å². The summed E-state index contributed by atoms with van der Waals surface area (Å²) < 4.78 is 0. The second-order valence-corrected chi connectivity index (χ2v) is 4.97. The van der Waals surface area contributed by atoms with Gasteiger partial charge in [-0.3, -0.25) is 4.79 Å². The molecule has 0 saturated carbocycles. The second-order valence-electron chi connectivity index (χ2n) is 4.97. The fraction of sp³-hybridized carbons (Fsp3) is 0.429. The third-order valence-electron chi connectivity index (χ3n) is 3.36.